The second-order valence-electron chi connectivity index (χ2n) is 10.5. The SMILES string of the molecule is O=C1C2CCCCC2C(=O)N1CC(=O)N1c2ccccc2N(Cc2ccccc2)C(=O)C2CCCC21. The van der Waals surface area contributed by atoms with Crippen LogP contribution in [0.3, 0.4) is 0 Å². The van der Waals surface area contributed by atoms with Gasteiger partial charge in [0, 0.05) is 6.04 Å². The number of likely N-dealkylation sites (tertiary alicyclic amines) is 1. The largest absolute Gasteiger partial charge is 0.306 e. The molecule has 0 N–H and O–H groups in total. The van der Waals surface area contributed by atoms with Crippen LogP contribution in [0.15, 0.2) is 54.6 Å². The van der Waals surface area contributed by atoms with Gasteiger partial charge < -0.3 is 9.80 Å². The van der Waals surface area contributed by atoms with Crippen molar-refractivity contribution in [3.63, 3.8) is 0 Å². The van der Waals surface area contributed by atoms with E-state index in [9.17, 15) is 19.2 Å². The number of benzene rings is 2. The van der Waals surface area contributed by atoms with Crippen LogP contribution in [0.25, 0.3) is 0 Å². The minimum atomic E-state index is -0.308. The van der Waals surface area contributed by atoms with Crippen LogP contribution in [0.4, 0.5) is 11.4 Å². The Bertz CT molecular complexity index is 1190. The summed E-state index contributed by atoms with van der Waals surface area (Å²) < 4.78 is 0. The summed E-state index contributed by atoms with van der Waals surface area (Å²) in [7, 11) is 0. The number of hydrogen-bond acceptors (Lipinski definition) is 4. The van der Waals surface area contributed by atoms with Gasteiger partial charge in [0.25, 0.3) is 0 Å². The number of anilines is 2. The molecule has 6 rings (SSSR count). The number of para-hydroxylation sites is 2. The van der Waals surface area contributed by atoms with Gasteiger partial charge in [0.2, 0.25) is 23.6 Å². The van der Waals surface area contributed by atoms with E-state index in [1.54, 1.807) is 4.90 Å². The highest BCUT2D eigenvalue weighted by Crippen LogP contribution is 2.44. The smallest absolute Gasteiger partial charge is 0.247 e. The first-order valence-corrected chi connectivity index (χ1v) is 13.2. The fraction of sp³-hybridized carbons (Fsp3) is 0.448. The van der Waals surface area contributed by atoms with E-state index < -0.39 is 0 Å². The van der Waals surface area contributed by atoms with Gasteiger partial charge in [-0.15, -0.1) is 0 Å². The molecule has 7 heteroatoms. The van der Waals surface area contributed by atoms with Crippen molar-refractivity contribution in [2.24, 2.45) is 17.8 Å². The fourth-order valence-corrected chi connectivity index (χ4v) is 6.78. The van der Waals surface area contributed by atoms with Gasteiger partial charge in [0.1, 0.15) is 6.54 Å². The standard InChI is InChI=1S/C29H31N3O4/c33-26(18-31-27(34)20-11-4-5-12-21(20)28(31)35)32-23-16-8-13-22(23)29(36)30(17-19-9-2-1-3-10-19)24-14-6-7-15-25(24)32/h1-3,6-7,9-10,14-15,20-23H,4-5,8,11-13,16-18H2. The summed E-state index contributed by atoms with van der Waals surface area (Å²) in [5.74, 6) is -1.53. The summed E-state index contributed by atoms with van der Waals surface area (Å²) in [5.41, 5.74) is 2.39. The molecule has 4 aliphatic rings. The second kappa shape index (κ2) is 9.19. The molecule has 7 nitrogen and oxygen atoms in total. The zero-order valence-electron chi connectivity index (χ0n) is 20.3. The summed E-state index contributed by atoms with van der Waals surface area (Å²) in [5, 5.41) is 0. The quantitative estimate of drug-likeness (QED) is 0.616. The first kappa shape index (κ1) is 23.0. The molecule has 4 atom stereocenters. The molecule has 186 valence electrons. The average Bonchev–Trinajstić information content (AvgIpc) is 3.45. The molecule has 4 unspecified atom stereocenters. The number of nitrogens with zero attached hydrogens (tertiary/aromatic N) is 3. The van der Waals surface area contributed by atoms with Crippen molar-refractivity contribution in [1.82, 2.24) is 4.90 Å². The van der Waals surface area contributed by atoms with Crippen LogP contribution < -0.4 is 9.80 Å². The molecule has 0 spiro atoms. The van der Waals surface area contributed by atoms with Gasteiger partial charge in [-0.2, -0.15) is 0 Å². The molecule has 36 heavy (non-hydrogen) atoms. The molecule has 2 aliphatic heterocycles. The maximum absolute atomic E-state index is 13.9. The van der Waals surface area contributed by atoms with Crippen molar-refractivity contribution in [2.75, 3.05) is 16.3 Å². The first-order valence-electron chi connectivity index (χ1n) is 13.2. The lowest BCUT2D eigenvalue weighted by atomic mass is 9.81. The summed E-state index contributed by atoms with van der Waals surface area (Å²) in [6.07, 6.45) is 5.65. The van der Waals surface area contributed by atoms with Crippen LogP contribution in [0.5, 0.6) is 0 Å². The normalized spacial score (nSPS) is 27.6. The Morgan fingerprint density at radius 1 is 0.667 bits per heavy atom. The minimum absolute atomic E-state index is 0.0310. The van der Waals surface area contributed by atoms with Gasteiger partial charge >= 0.3 is 0 Å². The monoisotopic (exact) mass is 485 g/mol. The van der Waals surface area contributed by atoms with Crippen molar-refractivity contribution in [3.8, 4) is 0 Å². The van der Waals surface area contributed by atoms with Crippen LogP contribution in [0, 0.1) is 17.8 Å². The Morgan fingerprint density at radius 2 is 1.25 bits per heavy atom. The van der Waals surface area contributed by atoms with Crippen molar-refractivity contribution >= 4 is 35.0 Å². The van der Waals surface area contributed by atoms with Crippen molar-refractivity contribution < 1.29 is 19.2 Å². The Morgan fingerprint density at radius 3 is 1.94 bits per heavy atom. The highest BCUT2D eigenvalue weighted by molar-refractivity contribution is 6.11. The summed E-state index contributed by atoms with van der Waals surface area (Å²) >= 11 is 0. The van der Waals surface area contributed by atoms with Crippen molar-refractivity contribution in [1.29, 1.82) is 0 Å². The first-order chi connectivity index (χ1) is 17.5. The maximum atomic E-state index is 13.9. The highest BCUT2D eigenvalue weighted by Gasteiger charge is 2.50. The van der Waals surface area contributed by atoms with Crippen LogP contribution in [0.1, 0.15) is 50.5 Å². The molecule has 2 aliphatic carbocycles. The van der Waals surface area contributed by atoms with E-state index in [1.165, 1.54) is 4.90 Å². The fourth-order valence-electron chi connectivity index (χ4n) is 6.78. The Balaban J connectivity index is 1.35. The molecule has 2 heterocycles. The third kappa shape index (κ3) is 3.72. The molecular formula is C29H31N3O4. The number of fused-ring (bicyclic) bond motifs is 3. The van der Waals surface area contributed by atoms with E-state index in [4.69, 9.17) is 0 Å². The molecule has 3 fully saturated rings. The molecule has 4 amide bonds. The zero-order valence-corrected chi connectivity index (χ0v) is 20.3. The molecular weight excluding hydrogens is 454 g/mol. The second-order valence-corrected chi connectivity index (χ2v) is 10.5. The van der Waals surface area contributed by atoms with Crippen LogP contribution in [-0.4, -0.2) is 41.1 Å². The van der Waals surface area contributed by atoms with Crippen molar-refractivity contribution in [3.05, 3.63) is 60.2 Å². The third-order valence-electron chi connectivity index (χ3n) is 8.50. The predicted molar refractivity (Wildman–Crippen MR) is 135 cm³/mol. The van der Waals surface area contributed by atoms with E-state index in [1.807, 2.05) is 59.5 Å². The van der Waals surface area contributed by atoms with E-state index in [2.05, 4.69) is 0 Å². The lowest BCUT2D eigenvalue weighted by Crippen LogP contribution is -2.49. The lowest BCUT2D eigenvalue weighted by Gasteiger charge is -2.31. The molecule has 0 bridgehead atoms. The number of amides is 4. The van der Waals surface area contributed by atoms with Crippen molar-refractivity contribution in [2.45, 2.75) is 57.5 Å². The summed E-state index contributed by atoms with van der Waals surface area (Å²) in [6.45, 7) is 0.170. The number of imide groups is 1. The minimum Gasteiger partial charge on any atom is -0.306 e. The van der Waals surface area contributed by atoms with Gasteiger partial charge in [-0.3, -0.25) is 24.1 Å². The van der Waals surface area contributed by atoms with Gasteiger partial charge in [0.15, 0.2) is 0 Å². The number of hydrogen-bond donors (Lipinski definition) is 0. The topological polar surface area (TPSA) is 78.0 Å². The Kier molecular flexibility index (Phi) is 5.86. The van der Waals surface area contributed by atoms with Gasteiger partial charge in [-0.25, -0.2) is 0 Å². The van der Waals surface area contributed by atoms with Crippen LogP contribution >= 0.6 is 0 Å². The molecule has 2 aromatic carbocycles. The Labute approximate surface area is 211 Å². The molecule has 2 aromatic rings. The summed E-state index contributed by atoms with van der Waals surface area (Å²) in [4.78, 5) is 58.7. The highest BCUT2D eigenvalue weighted by atomic mass is 16.2. The molecule has 0 aromatic heterocycles. The zero-order chi connectivity index (χ0) is 24.8. The van der Waals surface area contributed by atoms with Crippen LogP contribution in [0.2, 0.25) is 0 Å². The lowest BCUT2D eigenvalue weighted by molar-refractivity contribution is -0.143. The van der Waals surface area contributed by atoms with Gasteiger partial charge in [0.05, 0.1) is 35.7 Å². The van der Waals surface area contributed by atoms with E-state index in [0.29, 0.717) is 17.9 Å². The van der Waals surface area contributed by atoms with Crippen LogP contribution in [-0.2, 0) is 25.7 Å². The third-order valence-corrected chi connectivity index (χ3v) is 8.50. The maximum Gasteiger partial charge on any atom is 0.247 e. The Hall–Kier alpha value is -3.48. The number of rotatable bonds is 4. The van der Waals surface area contributed by atoms with Gasteiger partial charge in [-0.1, -0.05) is 61.7 Å². The average molecular weight is 486 g/mol. The number of carbonyl (C=O) groups is 4. The predicted octanol–water partition coefficient (Wildman–Crippen LogP) is 3.91. The van der Waals surface area contributed by atoms with E-state index >= 15 is 0 Å². The van der Waals surface area contributed by atoms with E-state index in [0.717, 1.165) is 50.5 Å². The number of carbonyl (C=O) groups excluding carboxylic acids is 4. The molecule has 0 radical (unpaired) electrons. The molecule has 2 saturated carbocycles. The van der Waals surface area contributed by atoms with Gasteiger partial charge in [-0.05, 0) is 43.4 Å². The summed E-state index contributed by atoms with van der Waals surface area (Å²) in [6, 6.07) is 17.1. The molecule has 1 saturated heterocycles. The van der Waals surface area contributed by atoms with E-state index in [-0.39, 0.29) is 54.0 Å².